The van der Waals surface area contributed by atoms with E-state index in [9.17, 15) is 9.90 Å². The van der Waals surface area contributed by atoms with Crippen LogP contribution in [0.25, 0.3) is 0 Å². The smallest absolute Gasteiger partial charge is 0.338 e. The van der Waals surface area contributed by atoms with Crippen LogP contribution in [0, 0.1) is 5.92 Å². The third-order valence-corrected chi connectivity index (χ3v) is 2.77. The molecular formula is C12H16BrNO3. The number of nitrogen functional groups attached to an aromatic ring is 1. The predicted molar refractivity (Wildman–Crippen MR) is 69.7 cm³/mol. The minimum absolute atomic E-state index is 0.0110. The van der Waals surface area contributed by atoms with E-state index >= 15 is 0 Å². The molecule has 0 aliphatic carbocycles. The molecule has 94 valence electrons. The number of ether oxygens (including phenoxy) is 1. The molecular weight excluding hydrogens is 286 g/mol. The van der Waals surface area contributed by atoms with E-state index in [4.69, 9.17) is 10.5 Å². The molecule has 5 heteroatoms. The number of esters is 1. The summed E-state index contributed by atoms with van der Waals surface area (Å²) in [6.45, 7) is 3.70. The molecule has 0 spiro atoms. The van der Waals surface area contributed by atoms with Gasteiger partial charge in [-0.2, -0.15) is 0 Å². The van der Waals surface area contributed by atoms with Gasteiger partial charge in [0.15, 0.2) is 0 Å². The van der Waals surface area contributed by atoms with Gasteiger partial charge >= 0.3 is 5.97 Å². The van der Waals surface area contributed by atoms with Gasteiger partial charge in [-0.25, -0.2) is 4.79 Å². The van der Waals surface area contributed by atoms with Crippen molar-refractivity contribution in [2.75, 3.05) is 12.3 Å². The van der Waals surface area contributed by atoms with Crippen LogP contribution in [0.4, 0.5) is 5.69 Å². The van der Waals surface area contributed by atoms with Crippen LogP contribution in [0.3, 0.4) is 0 Å². The molecule has 0 aromatic heterocycles. The summed E-state index contributed by atoms with van der Waals surface area (Å²) < 4.78 is 5.71. The number of hydrogen-bond donors (Lipinski definition) is 2. The van der Waals surface area contributed by atoms with Crippen molar-refractivity contribution in [1.82, 2.24) is 0 Å². The molecule has 0 bridgehead atoms. The number of hydrogen-bond acceptors (Lipinski definition) is 4. The van der Waals surface area contributed by atoms with E-state index in [1.54, 1.807) is 12.1 Å². The fourth-order valence-corrected chi connectivity index (χ4v) is 1.68. The summed E-state index contributed by atoms with van der Waals surface area (Å²) in [4.78, 5) is 11.7. The zero-order chi connectivity index (χ0) is 13.0. The van der Waals surface area contributed by atoms with Crippen molar-refractivity contribution < 1.29 is 14.6 Å². The van der Waals surface area contributed by atoms with Crippen LogP contribution < -0.4 is 5.73 Å². The van der Waals surface area contributed by atoms with Gasteiger partial charge < -0.3 is 15.6 Å². The topological polar surface area (TPSA) is 72.5 Å². The van der Waals surface area contributed by atoms with Crippen LogP contribution in [0.15, 0.2) is 22.7 Å². The highest BCUT2D eigenvalue weighted by molar-refractivity contribution is 9.10. The minimum atomic E-state index is -0.650. The second kappa shape index (κ2) is 6.02. The second-order valence-electron chi connectivity index (χ2n) is 4.18. The molecule has 1 aromatic carbocycles. The molecule has 0 amide bonds. The lowest BCUT2D eigenvalue weighted by atomic mass is 10.1. The first-order valence-electron chi connectivity index (χ1n) is 5.31. The maximum Gasteiger partial charge on any atom is 0.338 e. The Hall–Kier alpha value is -1.07. The molecule has 0 fully saturated rings. The van der Waals surface area contributed by atoms with E-state index in [0.717, 1.165) is 0 Å². The Labute approximate surface area is 109 Å². The number of rotatable bonds is 4. The number of anilines is 1. The van der Waals surface area contributed by atoms with Crippen LogP contribution >= 0.6 is 15.9 Å². The predicted octanol–water partition coefficient (Wildman–Crippen LogP) is 2.21. The highest BCUT2D eigenvalue weighted by Gasteiger charge is 2.14. The highest BCUT2D eigenvalue weighted by atomic mass is 79.9. The molecule has 0 saturated carbocycles. The first kappa shape index (κ1) is 14.0. The van der Waals surface area contributed by atoms with E-state index in [-0.39, 0.29) is 12.5 Å². The number of aliphatic hydroxyl groups is 1. The lowest BCUT2D eigenvalue weighted by Crippen LogP contribution is -2.23. The molecule has 0 saturated heterocycles. The third kappa shape index (κ3) is 4.36. The van der Waals surface area contributed by atoms with Gasteiger partial charge in [0, 0.05) is 10.2 Å². The quantitative estimate of drug-likeness (QED) is 0.660. The van der Waals surface area contributed by atoms with E-state index in [0.29, 0.717) is 15.7 Å². The van der Waals surface area contributed by atoms with Crippen LogP contribution in [-0.4, -0.2) is 23.8 Å². The summed E-state index contributed by atoms with van der Waals surface area (Å²) in [7, 11) is 0. The maximum absolute atomic E-state index is 11.7. The van der Waals surface area contributed by atoms with Crippen LogP contribution in [0.2, 0.25) is 0 Å². The molecule has 1 atom stereocenters. The Morgan fingerprint density at radius 1 is 1.47 bits per heavy atom. The lowest BCUT2D eigenvalue weighted by molar-refractivity contribution is 0.0137. The fraction of sp³-hybridized carbons (Fsp3) is 0.417. The molecule has 0 radical (unpaired) electrons. The minimum Gasteiger partial charge on any atom is -0.459 e. The average molecular weight is 302 g/mol. The zero-order valence-electron chi connectivity index (χ0n) is 9.81. The van der Waals surface area contributed by atoms with Crippen molar-refractivity contribution in [3.63, 3.8) is 0 Å². The van der Waals surface area contributed by atoms with Crippen molar-refractivity contribution in [2.45, 2.75) is 20.0 Å². The van der Waals surface area contributed by atoms with Crippen LogP contribution in [0.5, 0.6) is 0 Å². The number of aliphatic hydroxyl groups excluding tert-OH is 1. The van der Waals surface area contributed by atoms with Crippen LogP contribution in [0.1, 0.15) is 24.2 Å². The standard InChI is InChI=1S/C12H16BrNO3/c1-7(2)11(15)6-17-12(16)8-3-9(13)5-10(14)4-8/h3-5,7,11,15H,6,14H2,1-2H3. The SMILES string of the molecule is CC(C)C(O)COC(=O)c1cc(N)cc(Br)c1. The Morgan fingerprint density at radius 3 is 2.65 bits per heavy atom. The van der Waals surface area contributed by atoms with Gasteiger partial charge in [0.25, 0.3) is 0 Å². The van der Waals surface area contributed by atoms with Crippen LogP contribution in [-0.2, 0) is 4.74 Å². The van der Waals surface area contributed by atoms with Gasteiger partial charge in [-0.1, -0.05) is 29.8 Å². The molecule has 1 rings (SSSR count). The Kier molecular flexibility index (Phi) is 4.96. The van der Waals surface area contributed by atoms with E-state index in [1.807, 2.05) is 13.8 Å². The second-order valence-corrected chi connectivity index (χ2v) is 5.10. The van der Waals surface area contributed by atoms with Crippen molar-refractivity contribution >= 4 is 27.6 Å². The molecule has 1 unspecified atom stereocenters. The Morgan fingerprint density at radius 2 is 2.12 bits per heavy atom. The summed E-state index contributed by atoms with van der Waals surface area (Å²) in [6, 6.07) is 4.86. The number of benzene rings is 1. The number of nitrogens with two attached hydrogens (primary N) is 1. The zero-order valence-corrected chi connectivity index (χ0v) is 11.4. The Bertz CT molecular complexity index is 386. The molecule has 3 N–H and O–H groups in total. The van der Waals surface area contributed by atoms with Crippen molar-refractivity contribution in [3.8, 4) is 0 Å². The van der Waals surface area contributed by atoms with Gasteiger partial charge in [-0.15, -0.1) is 0 Å². The summed E-state index contributed by atoms with van der Waals surface area (Å²) in [5, 5.41) is 9.52. The summed E-state index contributed by atoms with van der Waals surface area (Å²) in [5.74, 6) is -0.437. The summed E-state index contributed by atoms with van der Waals surface area (Å²) in [5.41, 5.74) is 6.46. The third-order valence-electron chi connectivity index (χ3n) is 2.31. The number of carbonyl (C=O) groups is 1. The molecule has 0 heterocycles. The fourth-order valence-electron chi connectivity index (χ4n) is 1.17. The van der Waals surface area contributed by atoms with Crippen molar-refractivity contribution in [3.05, 3.63) is 28.2 Å². The summed E-state index contributed by atoms with van der Waals surface area (Å²) >= 11 is 3.25. The first-order chi connectivity index (χ1) is 7.90. The monoisotopic (exact) mass is 301 g/mol. The van der Waals surface area contributed by atoms with E-state index in [1.165, 1.54) is 6.07 Å². The van der Waals surface area contributed by atoms with E-state index < -0.39 is 12.1 Å². The summed E-state index contributed by atoms with van der Waals surface area (Å²) in [6.07, 6.45) is -0.650. The molecule has 1 aromatic rings. The number of halogens is 1. The molecule has 0 aliphatic heterocycles. The normalized spacial score (nSPS) is 12.5. The molecule has 4 nitrogen and oxygen atoms in total. The van der Waals surface area contributed by atoms with E-state index in [2.05, 4.69) is 15.9 Å². The average Bonchev–Trinajstić information content (AvgIpc) is 2.23. The lowest BCUT2D eigenvalue weighted by Gasteiger charge is -2.14. The largest absolute Gasteiger partial charge is 0.459 e. The van der Waals surface area contributed by atoms with Crippen molar-refractivity contribution in [2.24, 2.45) is 5.92 Å². The number of carbonyl (C=O) groups excluding carboxylic acids is 1. The molecule has 17 heavy (non-hydrogen) atoms. The maximum atomic E-state index is 11.7. The highest BCUT2D eigenvalue weighted by Crippen LogP contribution is 2.18. The Balaban J connectivity index is 2.64. The molecule has 0 aliphatic rings. The van der Waals surface area contributed by atoms with Gasteiger partial charge in [-0.3, -0.25) is 0 Å². The first-order valence-corrected chi connectivity index (χ1v) is 6.10. The van der Waals surface area contributed by atoms with Gasteiger partial charge in [0.05, 0.1) is 11.7 Å². The van der Waals surface area contributed by atoms with Gasteiger partial charge in [-0.05, 0) is 24.1 Å². The van der Waals surface area contributed by atoms with Crippen molar-refractivity contribution in [1.29, 1.82) is 0 Å². The van der Waals surface area contributed by atoms with Gasteiger partial charge in [0.1, 0.15) is 6.61 Å². The van der Waals surface area contributed by atoms with Gasteiger partial charge in [0.2, 0.25) is 0 Å².